The summed E-state index contributed by atoms with van der Waals surface area (Å²) in [5.41, 5.74) is 5.48. The highest BCUT2D eigenvalue weighted by molar-refractivity contribution is 7.92. The van der Waals surface area contributed by atoms with E-state index in [0.29, 0.717) is 46.5 Å². The fourth-order valence-electron chi connectivity index (χ4n) is 4.16. The molecule has 35 heavy (non-hydrogen) atoms. The molecule has 1 aliphatic rings. The SMILES string of the molecule is CN(c1ncccc1CNc1c(C#N)cnc2[nH]c(-c3cnc4c(c3)CC(=O)C4)cc12)S(C)(=O)=O. The van der Waals surface area contributed by atoms with E-state index in [1.54, 1.807) is 18.3 Å². The Morgan fingerprint density at radius 2 is 2.03 bits per heavy atom. The fourth-order valence-corrected chi connectivity index (χ4v) is 4.64. The van der Waals surface area contributed by atoms with E-state index < -0.39 is 10.0 Å². The van der Waals surface area contributed by atoms with Gasteiger partial charge in [0, 0.05) is 67.2 Å². The van der Waals surface area contributed by atoms with E-state index in [0.717, 1.165) is 33.1 Å². The highest BCUT2D eigenvalue weighted by Crippen LogP contribution is 2.32. The van der Waals surface area contributed by atoms with Crippen LogP contribution in [0.4, 0.5) is 11.5 Å². The zero-order valence-corrected chi connectivity index (χ0v) is 19.8. The van der Waals surface area contributed by atoms with Crippen LogP contribution >= 0.6 is 0 Å². The van der Waals surface area contributed by atoms with Crippen LogP contribution < -0.4 is 9.62 Å². The number of fused-ring (bicyclic) bond motifs is 2. The second-order valence-electron chi connectivity index (χ2n) is 8.40. The van der Waals surface area contributed by atoms with Crippen molar-refractivity contribution in [1.82, 2.24) is 19.9 Å². The number of Topliss-reactive ketones (excluding diaryl/α,β-unsaturated/α-hetero) is 1. The molecule has 0 bridgehead atoms. The van der Waals surface area contributed by atoms with Crippen molar-refractivity contribution in [3.8, 4) is 17.3 Å². The summed E-state index contributed by atoms with van der Waals surface area (Å²) in [4.78, 5) is 28.1. The first-order chi connectivity index (χ1) is 16.7. The molecule has 0 saturated carbocycles. The molecule has 0 fully saturated rings. The van der Waals surface area contributed by atoms with Gasteiger partial charge in [-0.2, -0.15) is 5.26 Å². The van der Waals surface area contributed by atoms with E-state index in [2.05, 4.69) is 31.3 Å². The predicted octanol–water partition coefficient (Wildman–Crippen LogP) is 2.57. The van der Waals surface area contributed by atoms with E-state index >= 15 is 0 Å². The molecule has 0 amide bonds. The zero-order chi connectivity index (χ0) is 24.7. The third kappa shape index (κ3) is 4.20. The lowest BCUT2D eigenvalue weighted by Crippen LogP contribution is -2.27. The monoisotopic (exact) mass is 487 g/mol. The molecule has 5 rings (SSSR count). The van der Waals surface area contributed by atoms with Crippen LogP contribution in [0.2, 0.25) is 0 Å². The van der Waals surface area contributed by atoms with Crippen LogP contribution in [0.5, 0.6) is 0 Å². The third-order valence-electron chi connectivity index (χ3n) is 6.02. The highest BCUT2D eigenvalue weighted by Gasteiger charge is 2.21. The zero-order valence-electron chi connectivity index (χ0n) is 19.0. The normalized spacial score (nSPS) is 13.0. The van der Waals surface area contributed by atoms with E-state index in [1.807, 2.05) is 12.1 Å². The van der Waals surface area contributed by atoms with Gasteiger partial charge in [0.25, 0.3) is 0 Å². The Morgan fingerprint density at radius 1 is 1.20 bits per heavy atom. The van der Waals surface area contributed by atoms with Crippen LogP contribution in [0, 0.1) is 11.3 Å². The molecule has 10 nitrogen and oxygen atoms in total. The maximum absolute atomic E-state index is 12.0. The summed E-state index contributed by atoms with van der Waals surface area (Å²) in [7, 11) is -2.05. The van der Waals surface area contributed by atoms with Crippen LogP contribution in [0.15, 0.2) is 42.9 Å². The third-order valence-corrected chi connectivity index (χ3v) is 7.19. The quantitative estimate of drug-likeness (QED) is 0.422. The molecule has 2 N–H and O–H groups in total. The van der Waals surface area contributed by atoms with Gasteiger partial charge in [0.05, 0.1) is 23.2 Å². The molecule has 0 spiro atoms. The first kappa shape index (κ1) is 22.5. The number of H-pyrrole nitrogens is 1. The Bertz CT molecular complexity index is 1640. The molecule has 4 heterocycles. The number of aromatic nitrogens is 4. The average Bonchev–Trinajstić information content (AvgIpc) is 3.43. The fraction of sp³-hybridized carbons (Fsp3) is 0.208. The standard InChI is InChI=1S/C24H21N7O3S/c1-31(35(2,33)34)24-14(4-3-5-26-24)11-28-22-17(10-25)13-29-23-19(22)9-21(30-23)16-6-15-7-18(32)8-20(15)27-12-16/h3-6,9,12-13H,7-8,11H2,1-2H3,(H2,28,29,30). The predicted molar refractivity (Wildman–Crippen MR) is 131 cm³/mol. The Kier molecular flexibility index (Phi) is 5.45. The summed E-state index contributed by atoms with van der Waals surface area (Å²) in [5.74, 6) is 0.462. The molecule has 176 valence electrons. The largest absolute Gasteiger partial charge is 0.379 e. The van der Waals surface area contributed by atoms with Gasteiger partial charge in [-0.05, 0) is 23.8 Å². The lowest BCUT2D eigenvalue weighted by Gasteiger charge is -2.19. The number of carbonyl (C=O) groups excluding carboxylic acids is 1. The molecule has 0 aromatic carbocycles. The number of nitrogens with zero attached hydrogens (tertiary/aromatic N) is 5. The van der Waals surface area contributed by atoms with Crippen LogP contribution in [0.3, 0.4) is 0 Å². The smallest absolute Gasteiger partial charge is 0.233 e. The lowest BCUT2D eigenvalue weighted by molar-refractivity contribution is -0.117. The van der Waals surface area contributed by atoms with Gasteiger partial charge in [-0.15, -0.1) is 0 Å². The summed E-state index contributed by atoms with van der Waals surface area (Å²) in [6.07, 6.45) is 6.61. The minimum Gasteiger partial charge on any atom is -0.379 e. The first-order valence-corrected chi connectivity index (χ1v) is 12.6. The second kappa shape index (κ2) is 8.48. The molecule has 0 unspecified atom stereocenters. The minimum absolute atomic E-state index is 0.157. The number of pyridine rings is 3. The van der Waals surface area contributed by atoms with Crippen molar-refractivity contribution in [1.29, 1.82) is 5.26 Å². The van der Waals surface area contributed by atoms with Gasteiger partial charge >= 0.3 is 0 Å². The van der Waals surface area contributed by atoms with Crippen molar-refractivity contribution >= 4 is 38.3 Å². The summed E-state index contributed by atoms with van der Waals surface area (Å²) in [6.45, 7) is 0.236. The summed E-state index contributed by atoms with van der Waals surface area (Å²) >= 11 is 0. The molecule has 0 radical (unpaired) electrons. The Balaban J connectivity index is 1.51. The molecule has 0 saturated heterocycles. The Labute approximate surface area is 201 Å². The molecule has 0 atom stereocenters. The van der Waals surface area contributed by atoms with Gasteiger partial charge < -0.3 is 10.3 Å². The second-order valence-corrected chi connectivity index (χ2v) is 10.4. The van der Waals surface area contributed by atoms with Crippen molar-refractivity contribution in [2.75, 3.05) is 22.9 Å². The Morgan fingerprint density at radius 3 is 2.80 bits per heavy atom. The first-order valence-electron chi connectivity index (χ1n) is 10.8. The number of hydrogen-bond acceptors (Lipinski definition) is 8. The van der Waals surface area contributed by atoms with E-state index in [4.69, 9.17) is 0 Å². The molecule has 0 aliphatic heterocycles. The number of aromatic amines is 1. The van der Waals surface area contributed by atoms with Crippen LogP contribution in [-0.4, -0.2) is 47.4 Å². The van der Waals surface area contributed by atoms with E-state index in [-0.39, 0.29) is 12.3 Å². The molecular weight excluding hydrogens is 466 g/mol. The average molecular weight is 488 g/mol. The molecule has 11 heteroatoms. The van der Waals surface area contributed by atoms with E-state index in [9.17, 15) is 18.5 Å². The van der Waals surface area contributed by atoms with Crippen molar-refractivity contribution in [3.05, 3.63) is 65.2 Å². The van der Waals surface area contributed by atoms with Gasteiger partial charge in [0.1, 0.15) is 23.3 Å². The van der Waals surface area contributed by atoms with Gasteiger partial charge in [0.15, 0.2) is 0 Å². The summed E-state index contributed by atoms with van der Waals surface area (Å²) in [5, 5.41) is 13.7. The van der Waals surface area contributed by atoms with Crippen LogP contribution in [-0.2, 0) is 34.2 Å². The number of nitriles is 1. The van der Waals surface area contributed by atoms with Gasteiger partial charge in [-0.25, -0.2) is 18.4 Å². The van der Waals surface area contributed by atoms with E-state index in [1.165, 1.54) is 19.4 Å². The van der Waals surface area contributed by atoms with Crippen molar-refractivity contribution in [2.45, 2.75) is 19.4 Å². The molecule has 4 aromatic heterocycles. The number of hydrogen-bond donors (Lipinski definition) is 2. The highest BCUT2D eigenvalue weighted by atomic mass is 32.2. The van der Waals surface area contributed by atoms with Gasteiger partial charge in [-0.1, -0.05) is 6.07 Å². The molecule has 4 aromatic rings. The number of carbonyl (C=O) groups is 1. The molecule has 1 aliphatic carbocycles. The lowest BCUT2D eigenvalue weighted by atomic mass is 10.1. The minimum atomic E-state index is -3.50. The van der Waals surface area contributed by atoms with Crippen LogP contribution in [0.1, 0.15) is 22.4 Å². The van der Waals surface area contributed by atoms with Crippen LogP contribution in [0.25, 0.3) is 22.3 Å². The maximum Gasteiger partial charge on any atom is 0.233 e. The van der Waals surface area contributed by atoms with Gasteiger partial charge in [0.2, 0.25) is 10.0 Å². The summed E-state index contributed by atoms with van der Waals surface area (Å²) < 4.78 is 25.2. The Hall–Kier alpha value is -4.30. The maximum atomic E-state index is 12.0. The molecular formula is C24H21N7O3S. The number of sulfonamides is 1. The van der Waals surface area contributed by atoms with Crippen molar-refractivity contribution in [3.63, 3.8) is 0 Å². The number of anilines is 2. The van der Waals surface area contributed by atoms with Crippen molar-refractivity contribution in [2.24, 2.45) is 0 Å². The van der Waals surface area contributed by atoms with Gasteiger partial charge in [-0.3, -0.25) is 14.1 Å². The number of nitrogens with one attached hydrogen (secondary N) is 2. The topological polar surface area (TPSA) is 145 Å². The van der Waals surface area contributed by atoms with Crippen molar-refractivity contribution < 1.29 is 13.2 Å². The number of ketones is 1. The number of rotatable bonds is 6. The summed E-state index contributed by atoms with van der Waals surface area (Å²) in [6, 6.07) is 9.51.